The van der Waals surface area contributed by atoms with Gasteiger partial charge in [0.2, 0.25) is 5.95 Å². The van der Waals surface area contributed by atoms with Crippen molar-refractivity contribution in [2.24, 2.45) is 13.0 Å². The molecule has 1 fully saturated rings. The molecule has 1 saturated carbocycles. The van der Waals surface area contributed by atoms with Crippen molar-refractivity contribution in [3.8, 4) is 0 Å². The second-order valence-electron chi connectivity index (χ2n) is 8.42. The Balaban J connectivity index is 1.32. The lowest BCUT2D eigenvalue weighted by Crippen LogP contribution is -2.21. The standard InChI is InChI=1S/C22H25N7O2/c1-28-21(31)14-5-4-12(8-16(14)27-22(28)24)2-3-13-9-17(18(30)10-13)29-7-6-15-19(23)25-11-26-20(15)29/h4-8,11,13,17-18,30H,2-3,9-10H2,1H3,(H2,24,27)(H2,23,25,26)/t13-,17+,18+/m0/s1. The fourth-order valence-corrected chi connectivity index (χ4v) is 4.75. The summed E-state index contributed by atoms with van der Waals surface area (Å²) in [6, 6.07) is 7.61. The molecule has 0 spiro atoms. The van der Waals surface area contributed by atoms with Crippen LogP contribution in [0.3, 0.4) is 0 Å². The van der Waals surface area contributed by atoms with Gasteiger partial charge in [-0.15, -0.1) is 0 Å². The Morgan fingerprint density at radius 2 is 2.00 bits per heavy atom. The second kappa shape index (κ2) is 7.35. The number of rotatable bonds is 4. The number of nitrogens with zero attached hydrogens (tertiary/aromatic N) is 5. The maximum Gasteiger partial charge on any atom is 0.262 e. The first-order valence-electron chi connectivity index (χ1n) is 10.4. The van der Waals surface area contributed by atoms with Gasteiger partial charge in [-0.2, -0.15) is 0 Å². The number of nitrogen functional groups attached to an aromatic ring is 2. The topological polar surface area (TPSA) is 138 Å². The predicted octanol–water partition coefficient (Wildman–Crippen LogP) is 1.79. The summed E-state index contributed by atoms with van der Waals surface area (Å²) in [5.74, 6) is 1.04. The lowest BCUT2D eigenvalue weighted by atomic mass is 9.97. The molecule has 0 amide bonds. The smallest absolute Gasteiger partial charge is 0.262 e. The van der Waals surface area contributed by atoms with E-state index < -0.39 is 6.10 Å². The molecule has 9 nitrogen and oxygen atoms in total. The molecular formula is C22H25N7O2. The summed E-state index contributed by atoms with van der Waals surface area (Å²) in [5, 5.41) is 12.1. The average molecular weight is 419 g/mol. The summed E-state index contributed by atoms with van der Waals surface area (Å²) in [4.78, 5) is 25.1. The minimum Gasteiger partial charge on any atom is -0.391 e. The average Bonchev–Trinajstić information content (AvgIpc) is 3.34. The van der Waals surface area contributed by atoms with E-state index in [4.69, 9.17) is 11.5 Å². The molecule has 31 heavy (non-hydrogen) atoms. The SMILES string of the molecule is Cn1c(N)nc2cc(CC[C@@H]3C[C@@H](O)[C@H](n4ccc5c(N)ncnc54)C3)ccc2c1=O. The van der Waals surface area contributed by atoms with E-state index in [0.717, 1.165) is 42.3 Å². The molecule has 0 saturated heterocycles. The van der Waals surface area contributed by atoms with E-state index in [1.807, 2.05) is 35.0 Å². The fourth-order valence-electron chi connectivity index (χ4n) is 4.75. The van der Waals surface area contributed by atoms with Crippen molar-refractivity contribution in [3.63, 3.8) is 0 Å². The van der Waals surface area contributed by atoms with E-state index in [9.17, 15) is 9.90 Å². The lowest BCUT2D eigenvalue weighted by Gasteiger charge is -2.17. The van der Waals surface area contributed by atoms with E-state index in [2.05, 4.69) is 15.0 Å². The maximum atomic E-state index is 12.3. The molecule has 0 radical (unpaired) electrons. The monoisotopic (exact) mass is 419 g/mol. The molecule has 3 heterocycles. The van der Waals surface area contributed by atoms with Gasteiger partial charge in [0.1, 0.15) is 17.8 Å². The van der Waals surface area contributed by atoms with E-state index >= 15 is 0 Å². The first kappa shape index (κ1) is 19.5. The molecule has 3 atom stereocenters. The zero-order valence-electron chi connectivity index (χ0n) is 17.3. The molecule has 1 aromatic carbocycles. The van der Waals surface area contributed by atoms with Crippen LogP contribution in [-0.2, 0) is 13.5 Å². The Morgan fingerprint density at radius 1 is 1.16 bits per heavy atom. The van der Waals surface area contributed by atoms with Crippen LogP contribution in [0.4, 0.5) is 11.8 Å². The fraction of sp³-hybridized carbons (Fsp3) is 0.364. The molecule has 1 aliphatic rings. The van der Waals surface area contributed by atoms with Crippen LogP contribution in [0.15, 0.2) is 41.6 Å². The summed E-state index contributed by atoms with van der Waals surface area (Å²) in [5.41, 5.74) is 14.1. The Morgan fingerprint density at radius 3 is 2.84 bits per heavy atom. The van der Waals surface area contributed by atoms with Crippen molar-refractivity contribution in [1.29, 1.82) is 0 Å². The van der Waals surface area contributed by atoms with Crippen molar-refractivity contribution < 1.29 is 5.11 Å². The summed E-state index contributed by atoms with van der Waals surface area (Å²) >= 11 is 0. The molecule has 0 aliphatic heterocycles. The molecular weight excluding hydrogens is 394 g/mol. The van der Waals surface area contributed by atoms with Gasteiger partial charge < -0.3 is 21.1 Å². The van der Waals surface area contributed by atoms with Crippen LogP contribution in [0, 0.1) is 5.92 Å². The zero-order valence-corrected chi connectivity index (χ0v) is 17.3. The predicted molar refractivity (Wildman–Crippen MR) is 119 cm³/mol. The zero-order chi connectivity index (χ0) is 21.7. The van der Waals surface area contributed by atoms with Crippen molar-refractivity contribution in [2.45, 2.75) is 37.8 Å². The van der Waals surface area contributed by atoms with Gasteiger partial charge in [-0.25, -0.2) is 15.0 Å². The van der Waals surface area contributed by atoms with Gasteiger partial charge in [-0.1, -0.05) is 6.07 Å². The summed E-state index contributed by atoms with van der Waals surface area (Å²) in [6.07, 6.45) is 6.36. The number of nitrogens with two attached hydrogens (primary N) is 2. The van der Waals surface area contributed by atoms with E-state index in [-0.39, 0.29) is 17.5 Å². The maximum absolute atomic E-state index is 12.3. The van der Waals surface area contributed by atoms with Gasteiger partial charge in [-0.3, -0.25) is 9.36 Å². The van der Waals surface area contributed by atoms with Crippen LogP contribution in [0.1, 0.15) is 30.9 Å². The number of aliphatic hydroxyl groups excluding tert-OH is 1. The van der Waals surface area contributed by atoms with Gasteiger partial charge in [0, 0.05) is 13.2 Å². The number of hydrogen-bond acceptors (Lipinski definition) is 7. The minimum absolute atomic E-state index is 0.0297. The molecule has 4 aromatic rings. The molecule has 5 rings (SSSR count). The van der Waals surface area contributed by atoms with Crippen LogP contribution in [0.2, 0.25) is 0 Å². The number of aliphatic hydroxyl groups is 1. The van der Waals surface area contributed by atoms with Crippen LogP contribution < -0.4 is 17.0 Å². The molecule has 9 heteroatoms. The number of fused-ring (bicyclic) bond motifs is 2. The number of hydrogen-bond donors (Lipinski definition) is 3. The molecule has 1 aliphatic carbocycles. The van der Waals surface area contributed by atoms with Crippen LogP contribution in [0.5, 0.6) is 0 Å². The van der Waals surface area contributed by atoms with Crippen molar-refractivity contribution in [1.82, 2.24) is 24.1 Å². The Bertz CT molecular complexity index is 1340. The second-order valence-corrected chi connectivity index (χ2v) is 8.42. The first-order chi connectivity index (χ1) is 14.9. The number of aromatic nitrogens is 5. The number of benzene rings is 1. The van der Waals surface area contributed by atoms with Gasteiger partial charge in [0.15, 0.2) is 0 Å². The third-order valence-corrected chi connectivity index (χ3v) is 6.51. The summed E-state index contributed by atoms with van der Waals surface area (Å²) in [6.45, 7) is 0. The molecule has 5 N–H and O–H groups in total. The summed E-state index contributed by atoms with van der Waals surface area (Å²) < 4.78 is 3.38. The normalized spacial score (nSPS) is 21.3. The number of anilines is 2. The van der Waals surface area contributed by atoms with Crippen molar-refractivity contribution in [2.75, 3.05) is 11.5 Å². The van der Waals surface area contributed by atoms with Crippen molar-refractivity contribution >= 4 is 33.7 Å². The van der Waals surface area contributed by atoms with Gasteiger partial charge in [-0.05, 0) is 55.4 Å². The highest BCUT2D eigenvalue weighted by molar-refractivity contribution is 5.86. The third kappa shape index (κ3) is 3.31. The summed E-state index contributed by atoms with van der Waals surface area (Å²) in [7, 11) is 1.62. The van der Waals surface area contributed by atoms with Crippen LogP contribution >= 0.6 is 0 Å². The Labute approximate surface area is 178 Å². The number of aryl methyl sites for hydroxylation is 1. The molecule has 160 valence electrons. The van der Waals surface area contributed by atoms with Crippen LogP contribution in [0.25, 0.3) is 21.9 Å². The minimum atomic E-state index is -0.433. The van der Waals surface area contributed by atoms with Gasteiger partial charge in [0.25, 0.3) is 5.56 Å². The van der Waals surface area contributed by atoms with E-state index in [1.165, 1.54) is 10.9 Å². The van der Waals surface area contributed by atoms with E-state index in [1.54, 1.807) is 7.05 Å². The first-order valence-corrected chi connectivity index (χ1v) is 10.4. The van der Waals surface area contributed by atoms with Gasteiger partial charge >= 0.3 is 0 Å². The van der Waals surface area contributed by atoms with Crippen LogP contribution in [-0.4, -0.2) is 35.3 Å². The third-order valence-electron chi connectivity index (χ3n) is 6.51. The molecule has 0 unspecified atom stereocenters. The largest absolute Gasteiger partial charge is 0.391 e. The Kier molecular flexibility index (Phi) is 4.62. The van der Waals surface area contributed by atoms with Gasteiger partial charge in [0.05, 0.1) is 28.4 Å². The quantitative estimate of drug-likeness (QED) is 0.458. The lowest BCUT2D eigenvalue weighted by molar-refractivity contribution is 0.136. The van der Waals surface area contributed by atoms with Crippen molar-refractivity contribution in [3.05, 3.63) is 52.7 Å². The Hall–Kier alpha value is -3.46. The highest BCUT2D eigenvalue weighted by Gasteiger charge is 2.34. The highest BCUT2D eigenvalue weighted by Crippen LogP contribution is 2.39. The van der Waals surface area contributed by atoms with E-state index in [0.29, 0.717) is 22.6 Å². The molecule has 3 aromatic heterocycles. The highest BCUT2D eigenvalue weighted by atomic mass is 16.3. The molecule has 0 bridgehead atoms.